The van der Waals surface area contributed by atoms with Crippen molar-refractivity contribution in [2.75, 3.05) is 11.1 Å². The van der Waals surface area contributed by atoms with Crippen molar-refractivity contribution in [2.45, 2.75) is 31.4 Å². The molecule has 0 bridgehead atoms. The summed E-state index contributed by atoms with van der Waals surface area (Å²) in [7, 11) is 0. The molecule has 0 spiro atoms. The largest absolute Gasteiger partial charge is 0.324 e. The van der Waals surface area contributed by atoms with Gasteiger partial charge in [0.15, 0.2) is 0 Å². The summed E-state index contributed by atoms with van der Waals surface area (Å²) < 4.78 is 0. The summed E-state index contributed by atoms with van der Waals surface area (Å²) >= 11 is 3.00. The Balaban J connectivity index is 1.41. The molecule has 0 fully saturated rings. The van der Waals surface area contributed by atoms with Crippen molar-refractivity contribution in [3.05, 3.63) is 56.4 Å². The van der Waals surface area contributed by atoms with E-state index < -0.39 is 0 Å². The molecule has 4 rings (SSSR count). The highest BCUT2D eigenvalue weighted by Gasteiger charge is 2.19. The van der Waals surface area contributed by atoms with Crippen molar-refractivity contribution in [1.82, 2.24) is 9.97 Å². The summed E-state index contributed by atoms with van der Waals surface area (Å²) in [4.78, 5) is 34.3. The Bertz CT molecular complexity index is 1140. The number of hydrogen-bond donors (Lipinski definition) is 2. The molecule has 2 aromatic heterocycles. The van der Waals surface area contributed by atoms with E-state index in [2.05, 4.69) is 21.4 Å². The lowest BCUT2D eigenvalue weighted by atomic mass is 9.97. The lowest BCUT2D eigenvalue weighted by molar-refractivity contribution is -0.113. The number of nitriles is 1. The molecule has 0 saturated heterocycles. The molecule has 0 atom stereocenters. The van der Waals surface area contributed by atoms with Crippen LogP contribution in [0.25, 0.3) is 10.2 Å². The van der Waals surface area contributed by atoms with E-state index in [1.165, 1.54) is 28.6 Å². The zero-order chi connectivity index (χ0) is 19.5. The summed E-state index contributed by atoms with van der Waals surface area (Å²) in [6.45, 7) is 0. The number of para-hydroxylation sites is 1. The van der Waals surface area contributed by atoms with Crippen molar-refractivity contribution >= 4 is 44.9 Å². The molecule has 1 aliphatic rings. The van der Waals surface area contributed by atoms with Crippen LogP contribution in [-0.2, 0) is 23.4 Å². The van der Waals surface area contributed by atoms with Crippen LogP contribution in [0.3, 0.4) is 0 Å². The highest BCUT2D eigenvalue weighted by atomic mass is 32.2. The number of thioether (sulfide) groups is 1. The first-order valence-corrected chi connectivity index (χ1v) is 11.0. The number of anilines is 1. The molecule has 1 aromatic carbocycles. The fourth-order valence-electron chi connectivity index (χ4n) is 3.39. The molecule has 1 amide bonds. The van der Waals surface area contributed by atoms with Crippen molar-refractivity contribution in [3.8, 4) is 6.07 Å². The summed E-state index contributed by atoms with van der Waals surface area (Å²) in [6.07, 6.45) is 4.28. The first kappa shape index (κ1) is 18.7. The van der Waals surface area contributed by atoms with Gasteiger partial charge in [0.25, 0.3) is 5.56 Å². The van der Waals surface area contributed by atoms with E-state index in [1.54, 1.807) is 35.6 Å². The van der Waals surface area contributed by atoms with Gasteiger partial charge in [-0.3, -0.25) is 9.59 Å². The van der Waals surface area contributed by atoms with E-state index in [1.807, 2.05) is 0 Å². The highest BCUT2D eigenvalue weighted by molar-refractivity contribution is 7.99. The van der Waals surface area contributed by atoms with Gasteiger partial charge in [0.2, 0.25) is 5.91 Å². The van der Waals surface area contributed by atoms with Gasteiger partial charge in [-0.25, -0.2) is 4.98 Å². The number of carbonyl (C=O) groups is 1. The van der Waals surface area contributed by atoms with E-state index in [0.29, 0.717) is 22.8 Å². The Morgan fingerprint density at radius 2 is 2.14 bits per heavy atom. The van der Waals surface area contributed by atoms with Crippen molar-refractivity contribution < 1.29 is 4.79 Å². The second-order valence-electron chi connectivity index (χ2n) is 6.60. The molecule has 3 aromatic rings. The molecule has 0 saturated carbocycles. The van der Waals surface area contributed by atoms with Gasteiger partial charge in [-0.05, 0) is 43.4 Å². The minimum atomic E-state index is -0.192. The van der Waals surface area contributed by atoms with Gasteiger partial charge < -0.3 is 10.3 Å². The number of fused-ring (bicyclic) bond motifs is 3. The monoisotopic (exact) mass is 410 g/mol. The van der Waals surface area contributed by atoms with E-state index >= 15 is 0 Å². The average molecular weight is 411 g/mol. The molecule has 28 heavy (non-hydrogen) atoms. The van der Waals surface area contributed by atoms with Crippen LogP contribution in [0.1, 0.15) is 34.7 Å². The molecule has 0 unspecified atom stereocenters. The van der Waals surface area contributed by atoms with Crippen LogP contribution in [0.4, 0.5) is 5.69 Å². The minimum Gasteiger partial charge on any atom is -0.324 e. The maximum absolute atomic E-state index is 12.5. The molecular weight excluding hydrogens is 392 g/mol. The van der Waals surface area contributed by atoms with Crippen molar-refractivity contribution in [3.63, 3.8) is 0 Å². The van der Waals surface area contributed by atoms with Crippen LogP contribution in [0.15, 0.2) is 29.1 Å². The SMILES string of the molecule is N#Cc1ccccc1NC(=O)CSCc1nc2sc3c(c2c(=O)[nH]1)CCCC3. The number of aromatic amines is 1. The van der Waals surface area contributed by atoms with Gasteiger partial charge in [0.1, 0.15) is 16.7 Å². The van der Waals surface area contributed by atoms with Crippen LogP contribution >= 0.6 is 23.1 Å². The third kappa shape index (κ3) is 3.81. The van der Waals surface area contributed by atoms with Gasteiger partial charge in [-0.1, -0.05) is 12.1 Å². The van der Waals surface area contributed by atoms with Crippen molar-refractivity contribution in [1.29, 1.82) is 5.26 Å². The Kier molecular flexibility index (Phi) is 5.46. The number of nitrogens with one attached hydrogen (secondary N) is 2. The number of nitrogens with zero attached hydrogens (tertiary/aromatic N) is 2. The third-order valence-electron chi connectivity index (χ3n) is 4.67. The summed E-state index contributed by atoms with van der Waals surface area (Å²) in [5, 5.41) is 12.6. The molecule has 8 heteroatoms. The van der Waals surface area contributed by atoms with Gasteiger partial charge in [0, 0.05) is 4.88 Å². The molecule has 0 radical (unpaired) electrons. The van der Waals surface area contributed by atoms with Crippen molar-refractivity contribution in [2.24, 2.45) is 0 Å². The van der Waals surface area contributed by atoms with Gasteiger partial charge in [-0.2, -0.15) is 5.26 Å². The van der Waals surface area contributed by atoms with Gasteiger partial charge in [0.05, 0.1) is 28.1 Å². The van der Waals surface area contributed by atoms with E-state index in [0.717, 1.165) is 29.5 Å². The molecule has 6 nitrogen and oxygen atoms in total. The Hall–Kier alpha value is -2.63. The van der Waals surface area contributed by atoms with Crippen LogP contribution in [0, 0.1) is 11.3 Å². The third-order valence-corrected chi connectivity index (χ3v) is 6.80. The summed E-state index contributed by atoms with van der Waals surface area (Å²) in [6, 6.07) is 8.94. The number of carbonyl (C=O) groups excluding carboxylic acids is 1. The average Bonchev–Trinajstić information content (AvgIpc) is 3.07. The fraction of sp³-hybridized carbons (Fsp3) is 0.300. The normalized spacial score (nSPS) is 13.1. The zero-order valence-corrected chi connectivity index (χ0v) is 16.7. The standard InChI is InChI=1S/C20H18N4O2S2/c21-9-12-5-1-3-7-14(12)22-17(25)11-27-10-16-23-19(26)18-13-6-2-4-8-15(13)28-20(18)24-16/h1,3,5,7H,2,4,6,8,10-11H2,(H,22,25)(H,23,24,26). The van der Waals surface area contributed by atoms with E-state index in [9.17, 15) is 9.59 Å². The van der Waals surface area contributed by atoms with Gasteiger partial charge >= 0.3 is 0 Å². The highest BCUT2D eigenvalue weighted by Crippen LogP contribution is 2.33. The molecular formula is C20H18N4O2S2. The van der Waals surface area contributed by atoms with E-state index in [-0.39, 0.29) is 17.2 Å². The Labute approximate surface area is 170 Å². The Morgan fingerprint density at radius 1 is 1.32 bits per heavy atom. The molecule has 0 aliphatic heterocycles. The number of aryl methyl sites for hydroxylation is 2. The number of H-pyrrole nitrogens is 1. The quantitative estimate of drug-likeness (QED) is 0.669. The summed E-state index contributed by atoms with van der Waals surface area (Å²) in [5.74, 6) is 1.05. The maximum Gasteiger partial charge on any atom is 0.259 e. The zero-order valence-electron chi connectivity index (χ0n) is 15.1. The number of benzene rings is 1. The second kappa shape index (κ2) is 8.17. The predicted octanol–water partition coefficient (Wildman–Crippen LogP) is 3.61. The number of rotatable bonds is 5. The fourth-order valence-corrected chi connectivity index (χ4v) is 5.36. The molecule has 1 aliphatic carbocycles. The topological polar surface area (TPSA) is 98.6 Å². The Morgan fingerprint density at radius 3 is 3.00 bits per heavy atom. The summed E-state index contributed by atoms with van der Waals surface area (Å²) in [5.41, 5.74) is 2.04. The number of thiophene rings is 1. The number of aromatic nitrogens is 2. The van der Waals surface area contributed by atoms with Crippen LogP contribution in [0.5, 0.6) is 0 Å². The van der Waals surface area contributed by atoms with Crippen LogP contribution in [0.2, 0.25) is 0 Å². The minimum absolute atomic E-state index is 0.0765. The van der Waals surface area contributed by atoms with E-state index in [4.69, 9.17) is 5.26 Å². The lowest BCUT2D eigenvalue weighted by Gasteiger charge is -2.09. The smallest absolute Gasteiger partial charge is 0.259 e. The molecule has 142 valence electrons. The lowest BCUT2D eigenvalue weighted by Crippen LogP contribution is -2.16. The molecule has 2 heterocycles. The first-order valence-electron chi connectivity index (χ1n) is 9.06. The van der Waals surface area contributed by atoms with Crippen LogP contribution < -0.4 is 10.9 Å². The number of hydrogen-bond acceptors (Lipinski definition) is 6. The van der Waals surface area contributed by atoms with Crippen LogP contribution in [-0.4, -0.2) is 21.6 Å². The van der Waals surface area contributed by atoms with Gasteiger partial charge in [-0.15, -0.1) is 23.1 Å². The number of amides is 1. The predicted molar refractivity (Wildman–Crippen MR) is 113 cm³/mol. The first-order chi connectivity index (χ1) is 13.7. The second-order valence-corrected chi connectivity index (χ2v) is 8.67. The maximum atomic E-state index is 12.5. The molecule has 2 N–H and O–H groups in total.